The molecule has 1 amide bonds. The van der Waals surface area contributed by atoms with Crippen molar-refractivity contribution in [3.63, 3.8) is 0 Å². The summed E-state index contributed by atoms with van der Waals surface area (Å²) in [5, 5.41) is 11.8. The van der Waals surface area contributed by atoms with E-state index < -0.39 is 5.97 Å². The second-order valence-electron chi connectivity index (χ2n) is 3.87. The van der Waals surface area contributed by atoms with E-state index in [1.54, 1.807) is 11.9 Å². The Balaban J connectivity index is 2.41. The average Bonchev–Trinajstić information content (AvgIpc) is 2.26. The van der Waals surface area contributed by atoms with Gasteiger partial charge in [-0.25, -0.2) is 0 Å². The third-order valence-electron chi connectivity index (χ3n) is 2.71. The van der Waals surface area contributed by atoms with Crippen molar-refractivity contribution in [3.8, 4) is 0 Å². The summed E-state index contributed by atoms with van der Waals surface area (Å²) < 4.78 is 0. The lowest BCUT2D eigenvalue weighted by molar-refractivity contribution is -0.145. The van der Waals surface area contributed by atoms with Crippen LogP contribution in [0.15, 0.2) is 0 Å². The molecule has 1 saturated heterocycles. The third-order valence-corrected chi connectivity index (χ3v) is 2.71. The molecule has 1 unspecified atom stereocenters. The maximum Gasteiger partial charge on any atom is 0.308 e. The van der Waals surface area contributed by atoms with Crippen LogP contribution in [0.4, 0.5) is 0 Å². The van der Waals surface area contributed by atoms with Gasteiger partial charge in [0.15, 0.2) is 0 Å². The van der Waals surface area contributed by atoms with Gasteiger partial charge in [0.1, 0.15) is 0 Å². The molecule has 0 radical (unpaired) electrons. The molecule has 5 nitrogen and oxygen atoms in total. The molecule has 1 heterocycles. The van der Waals surface area contributed by atoms with E-state index in [0.29, 0.717) is 32.5 Å². The van der Waals surface area contributed by atoms with Crippen molar-refractivity contribution in [1.82, 2.24) is 10.2 Å². The van der Waals surface area contributed by atoms with Gasteiger partial charge in [0.2, 0.25) is 5.91 Å². The lowest BCUT2D eigenvalue weighted by Gasteiger charge is -2.30. The summed E-state index contributed by atoms with van der Waals surface area (Å²) in [6, 6.07) is 0. The number of carbonyl (C=O) groups is 2. The van der Waals surface area contributed by atoms with Gasteiger partial charge in [0, 0.05) is 26.1 Å². The number of aliphatic carboxylic acids is 1. The number of rotatable bonds is 4. The van der Waals surface area contributed by atoms with Gasteiger partial charge in [-0.2, -0.15) is 0 Å². The number of carboxylic acids is 1. The molecular weight excluding hydrogens is 196 g/mol. The smallest absolute Gasteiger partial charge is 0.308 e. The van der Waals surface area contributed by atoms with Crippen molar-refractivity contribution in [3.05, 3.63) is 0 Å². The van der Waals surface area contributed by atoms with Crippen LogP contribution in [0.3, 0.4) is 0 Å². The van der Waals surface area contributed by atoms with Crippen molar-refractivity contribution < 1.29 is 14.7 Å². The molecule has 86 valence electrons. The summed E-state index contributed by atoms with van der Waals surface area (Å²) in [5.41, 5.74) is 0. The third kappa shape index (κ3) is 3.51. The molecule has 0 aromatic carbocycles. The number of piperidine rings is 1. The van der Waals surface area contributed by atoms with E-state index in [2.05, 4.69) is 5.32 Å². The number of nitrogens with zero attached hydrogens (tertiary/aromatic N) is 1. The Hall–Kier alpha value is -1.10. The van der Waals surface area contributed by atoms with Gasteiger partial charge in [-0.05, 0) is 19.9 Å². The Bertz CT molecular complexity index is 243. The molecule has 0 spiro atoms. The maximum absolute atomic E-state index is 11.6. The highest BCUT2D eigenvalue weighted by Crippen LogP contribution is 2.17. The van der Waals surface area contributed by atoms with Crippen LogP contribution in [-0.4, -0.2) is 48.6 Å². The number of nitrogens with one attached hydrogen (secondary N) is 1. The lowest BCUT2D eigenvalue weighted by Crippen LogP contribution is -2.42. The fourth-order valence-corrected chi connectivity index (χ4v) is 1.80. The average molecular weight is 214 g/mol. The van der Waals surface area contributed by atoms with Crippen LogP contribution in [-0.2, 0) is 9.59 Å². The summed E-state index contributed by atoms with van der Waals surface area (Å²) in [7, 11) is 1.80. The zero-order chi connectivity index (χ0) is 11.3. The van der Waals surface area contributed by atoms with Crippen molar-refractivity contribution in [2.24, 2.45) is 5.92 Å². The fourth-order valence-electron chi connectivity index (χ4n) is 1.80. The molecule has 1 aliphatic heterocycles. The number of carboxylic acid groups (broad SMARTS) is 1. The predicted molar refractivity (Wildman–Crippen MR) is 55.5 cm³/mol. The van der Waals surface area contributed by atoms with Gasteiger partial charge in [0.05, 0.1) is 5.92 Å². The quantitative estimate of drug-likeness (QED) is 0.686. The maximum atomic E-state index is 11.6. The van der Waals surface area contributed by atoms with E-state index in [1.807, 2.05) is 0 Å². The SMILES string of the molecule is CNCCC(=O)N1CCCC(C(=O)O)C1. The summed E-state index contributed by atoms with van der Waals surface area (Å²) in [6.45, 7) is 1.72. The van der Waals surface area contributed by atoms with Crippen LogP contribution in [0, 0.1) is 5.92 Å². The van der Waals surface area contributed by atoms with E-state index >= 15 is 0 Å². The highest BCUT2D eigenvalue weighted by molar-refractivity contribution is 5.78. The summed E-state index contributed by atoms with van der Waals surface area (Å²) in [5.74, 6) is -1.12. The molecule has 0 bridgehead atoms. The Morgan fingerprint density at radius 1 is 1.53 bits per heavy atom. The Morgan fingerprint density at radius 3 is 2.87 bits per heavy atom. The molecule has 0 aromatic rings. The van der Waals surface area contributed by atoms with Crippen LogP contribution < -0.4 is 5.32 Å². The topological polar surface area (TPSA) is 69.6 Å². The minimum absolute atomic E-state index is 0.0512. The Morgan fingerprint density at radius 2 is 2.27 bits per heavy atom. The van der Waals surface area contributed by atoms with Crippen molar-refractivity contribution in [2.75, 3.05) is 26.7 Å². The first kappa shape index (κ1) is 12.0. The van der Waals surface area contributed by atoms with Crippen LogP contribution in [0.2, 0.25) is 0 Å². The molecule has 0 aliphatic carbocycles. The van der Waals surface area contributed by atoms with E-state index in [-0.39, 0.29) is 11.8 Å². The summed E-state index contributed by atoms with van der Waals surface area (Å²) >= 11 is 0. The Kier molecular flexibility index (Phi) is 4.55. The molecule has 5 heteroatoms. The van der Waals surface area contributed by atoms with Gasteiger partial charge in [-0.15, -0.1) is 0 Å². The second kappa shape index (κ2) is 5.70. The molecule has 1 aliphatic rings. The molecule has 15 heavy (non-hydrogen) atoms. The van der Waals surface area contributed by atoms with Crippen LogP contribution in [0.25, 0.3) is 0 Å². The summed E-state index contributed by atoms with van der Waals surface area (Å²) in [6.07, 6.45) is 1.93. The van der Waals surface area contributed by atoms with Gasteiger partial charge >= 0.3 is 5.97 Å². The fraction of sp³-hybridized carbons (Fsp3) is 0.800. The lowest BCUT2D eigenvalue weighted by atomic mass is 9.98. The number of carbonyl (C=O) groups excluding carboxylic acids is 1. The monoisotopic (exact) mass is 214 g/mol. The minimum Gasteiger partial charge on any atom is -0.481 e. The molecule has 1 rings (SSSR count). The molecular formula is C10H18N2O3. The normalized spacial score (nSPS) is 21.4. The Labute approximate surface area is 89.4 Å². The highest BCUT2D eigenvalue weighted by atomic mass is 16.4. The number of amides is 1. The predicted octanol–water partition coefficient (Wildman–Crippen LogP) is -0.0809. The van der Waals surface area contributed by atoms with Crippen LogP contribution in [0.1, 0.15) is 19.3 Å². The standard InChI is InChI=1S/C10H18N2O3/c1-11-5-4-9(13)12-6-2-3-8(7-12)10(14)15/h8,11H,2-7H2,1H3,(H,14,15). The molecule has 1 atom stereocenters. The number of hydrogen-bond acceptors (Lipinski definition) is 3. The van der Waals surface area contributed by atoms with Crippen molar-refractivity contribution in [2.45, 2.75) is 19.3 Å². The zero-order valence-corrected chi connectivity index (χ0v) is 9.03. The molecule has 1 fully saturated rings. The van der Waals surface area contributed by atoms with Gasteiger partial charge in [0.25, 0.3) is 0 Å². The van der Waals surface area contributed by atoms with E-state index in [9.17, 15) is 9.59 Å². The van der Waals surface area contributed by atoms with Crippen molar-refractivity contribution >= 4 is 11.9 Å². The first-order valence-corrected chi connectivity index (χ1v) is 5.30. The van der Waals surface area contributed by atoms with Gasteiger partial charge in [-0.1, -0.05) is 0 Å². The van der Waals surface area contributed by atoms with Gasteiger partial charge < -0.3 is 15.3 Å². The number of hydrogen-bond donors (Lipinski definition) is 2. The molecule has 0 aromatic heterocycles. The first-order valence-electron chi connectivity index (χ1n) is 5.30. The van der Waals surface area contributed by atoms with Gasteiger partial charge in [-0.3, -0.25) is 9.59 Å². The summed E-state index contributed by atoms with van der Waals surface area (Å²) in [4.78, 5) is 24.1. The van der Waals surface area contributed by atoms with E-state index in [4.69, 9.17) is 5.11 Å². The zero-order valence-electron chi connectivity index (χ0n) is 9.03. The number of likely N-dealkylation sites (tertiary alicyclic amines) is 1. The van der Waals surface area contributed by atoms with Crippen LogP contribution in [0.5, 0.6) is 0 Å². The minimum atomic E-state index is -0.791. The molecule has 0 saturated carbocycles. The van der Waals surface area contributed by atoms with E-state index in [1.165, 1.54) is 0 Å². The molecule has 2 N–H and O–H groups in total. The van der Waals surface area contributed by atoms with E-state index in [0.717, 1.165) is 6.42 Å². The second-order valence-corrected chi connectivity index (χ2v) is 3.87. The highest BCUT2D eigenvalue weighted by Gasteiger charge is 2.27. The van der Waals surface area contributed by atoms with Crippen molar-refractivity contribution in [1.29, 1.82) is 0 Å². The van der Waals surface area contributed by atoms with Crippen LogP contribution >= 0.6 is 0 Å². The largest absolute Gasteiger partial charge is 0.481 e. The first-order chi connectivity index (χ1) is 7.15.